The number of allylic oxidation sites excluding steroid dienone is 7. The van der Waals surface area contributed by atoms with Crippen molar-refractivity contribution in [2.75, 3.05) is 4.90 Å². The highest BCUT2D eigenvalue weighted by Gasteiger charge is 2.35. The van der Waals surface area contributed by atoms with Crippen LogP contribution in [0.5, 0.6) is 0 Å². The molecule has 1 aliphatic rings. The van der Waals surface area contributed by atoms with Gasteiger partial charge in [0.25, 0.3) is 0 Å². The van der Waals surface area contributed by atoms with Crippen LogP contribution in [0.15, 0.2) is 176 Å². The molecule has 2 heteroatoms. The first-order valence-electron chi connectivity index (χ1n) is 18.2. The molecule has 7 aromatic rings. The molecule has 1 aliphatic carbocycles. The molecule has 0 N–H and O–H groups in total. The number of rotatable bonds is 8. The van der Waals surface area contributed by atoms with Gasteiger partial charge in [0.05, 0.1) is 11.0 Å². The van der Waals surface area contributed by atoms with Crippen LogP contribution in [0, 0.1) is 0 Å². The van der Waals surface area contributed by atoms with Crippen molar-refractivity contribution in [3.8, 4) is 22.3 Å². The summed E-state index contributed by atoms with van der Waals surface area (Å²) in [6.07, 6.45) is 8.52. The number of anilines is 3. The van der Waals surface area contributed by atoms with E-state index in [0.717, 1.165) is 28.3 Å². The number of hydrogen-bond donors (Lipinski definition) is 0. The van der Waals surface area contributed by atoms with Gasteiger partial charge < -0.3 is 9.47 Å². The lowest BCUT2D eigenvalue weighted by atomic mass is 9.82. The lowest BCUT2D eigenvalue weighted by Crippen LogP contribution is -2.17. The molecule has 0 amide bonds. The zero-order valence-corrected chi connectivity index (χ0v) is 30.7. The van der Waals surface area contributed by atoms with Gasteiger partial charge in [-0.05, 0) is 120 Å². The molecular formula is C50H44N2. The smallest absolute Gasteiger partial charge is 0.0541 e. The number of benzene rings is 6. The fraction of sp³-hybridized carbons (Fsp3) is 0.120. The van der Waals surface area contributed by atoms with E-state index in [1.54, 1.807) is 0 Å². The predicted molar refractivity (Wildman–Crippen MR) is 226 cm³/mol. The van der Waals surface area contributed by atoms with E-state index in [4.69, 9.17) is 0 Å². The minimum atomic E-state index is -0.0617. The van der Waals surface area contributed by atoms with E-state index in [9.17, 15) is 0 Å². The largest absolute Gasteiger partial charge is 0.310 e. The van der Waals surface area contributed by atoms with Crippen LogP contribution in [0.3, 0.4) is 0 Å². The van der Waals surface area contributed by atoms with Crippen LogP contribution < -0.4 is 4.90 Å². The van der Waals surface area contributed by atoms with E-state index in [1.807, 2.05) is 13.0 Å². The number of aromatic nitrogens is 1. The van der Waals surface area contributed by atoms with Crippen LogP contribution in [0.1, 0.15) is 45.7 Å². The molecule has 0 unspecified atom stereocenters. The zero-order chi connectivity index (χ0) is 36.0. The third-order valence-corrected chi connectivity index (χ3v) is 10.9. The summed E-state index contributed by atoms with van der Waals surface area (Å²) in [6, 6.07) is 51.0. The van der Waals surface area contributed by atoms with E-state index >= 15 is 0 Å². The first kappa shape index (κ1) is 33.0. The number of hydrogen-bond acceptors (Lipinski definition) is 1. The van der Waals surface area contributed by atoms with Crippen LogP contribution in [-0.4, -0.2) is 4.57 Å². The Morgan fingerprint density at radius 3 is 1.85 bits per heavy atom. The second kappa shape index (κ2) is 13.2. The third-order valence-electron chi connectivity index (χ3n) is 10.9. The van der Waals surface area contributed by atoms with Crippen molar-refractivity contribution in [1.29, 1.82) is 0 Å². The molecule has 0 saturated carbocycles. The normalized spacial score (nSPS) is 13.9. The van der Waals surface area contributed by atoms with Crippen molar-refractivity contribution < 1.29 is 0 Å². The number of fused-ring (bicyclic) bond motifs is 4. The van der Waals surface area contributed by atoms with Gasteiger partial charge in [-0.1, -0.05) is 129 Å². The fourth-order valence-electron chi connectivity index (χ4n) is 7.96. The van der Waals surface area contributed by atoms with Crippen LogP contribution in [0.25, 0.3) is 55.3 Å². The second-order valence-corrected chi connectivity index (χ2v) is 14.3. The highest BCUT2D eigenvalue weighted by molar-refractivity contribution is 6.11. The molecule has 0 radical (unpaired) electrons. The zero-order valence-electron chi connectivity index (χ0n) is 30.7. The Morgan fingerprint density at radius 2 is 1.17 bits per heavy atom. The van der Waals surface area contributed by atoms with Crippen molar-refractivity contribution in [3.63, 3.8) is 0 Å². The Labute approximate surface area is 308 Å². The summed E-state index contributed by atoms with van der Waals surface area (Å²) in [7, 11) is 0. The molecule has 6 aromatic carbocycles. The van der Waals surface area contributed by atoms with Gasteiger partial charge in [-0.3, -0.25) is 0 Å². The molecule has 2 nitrogen and oxygen atoms in total. The maximum atomic E-state index is 4.37. The minimum absolute atomic E-state index is 0.0617. The molecule has 0 spiro atoms. The fourth-order valence-corrected chi connectivity index (χ4v) is 7.96. The molecule has 52 heavy (non-hydrogen) atoms. The highest BCUT2D eigenvalue weighted by Crippen LogP contribution is 2.49. The summed E-state index contributed by atoms with van der Waals surface area (Å²) in [5, 5.41) is 2.46. The lowest BCUT2D eigenvalue weighted by molar-refractivity contribution is 0.639. The standard InChI is InChI=1S/C50H44N2/c1-7-14-34(3)51-48-19-13-12-18-45(48)46-32-39(24-31-49(46)51)38-22-27-41(28-23-38)52(40-25-20-37(21-26-40)36-16-10-9-11-17-36)42-29-30-44-43(15-8-2)35(4)50(5,6)47(44)33-42/h7-33H,3H2,1-2,4-6H3/b14-7-,15-8-. The van der Waals surface area contributed by atoms with E-state index < -0.39 is 0 Å². The van der Waals surface area contributed by atoms with E-state index in [2.05, 4.69) is 201 Å². The van der Waals surface area contributed by atoms with Gasteiger partial charge in [0, 0.05) is 38.9 Å². The van der Waals surface area contributed by atoms with Crippen LogP contribution >= 0.6 is 0 Å². The average Bonchev–Trinajstić information content (AvgIpc) is 3.60. The highest BCUT2D eigenvalue weighted by atomic mass is 15.1. The maximum Gasteiger partial charge on any atom is 0.0541 e. The molecule has 1 aromatic heterocycles. The van der Waals surface area contributed by atoms with Crippen LogP contribution in [-0.2, 0) is 5.41 Å². The molecule has 254 valence electrons. The first-order chi connectivity index (χ1) is 25.3. The first-order valence-corrected chi connectivity index (χ1v) is 18.2. The Hall–Kier alpha value is -6.12. The van der Waals surface area contributed by atoms with E-state index in [1.165, 1.54) is 60.8 Å². The van der Waals surface area contributed by atoms with Crippen LogP contribution in [0.4, 0.5) is 17.1 Å². The van der Waals surface area contributed by atoms with Crippen molar-refractivity contribution in [2.24, 2.45) is 0 Å². The Bertz CT molecular complexity index is 2550. The third kappa shape index (κ3) is 5.52. The summed E-state index contributed by atoms with van der Waals surface area (Å²) >= 11 is 0. The molecule has 0 fully saturated rings. The van der Waals surface area contributed by atoms with E-state index in [-0.39, 0.29) is 5.41 Å². The van der Waals surface area contributed by atoms with Gasteiger partial charge in [0.1, 0.15) is 0 Å². The maximum absolute atomic E-state index is 4.37. The quantitative estimate of drug-likeness (QED) is 0.146. The van der Waals surface area contributed by atoms with Gasteiger partial charge in [0.15, 0.2) is 0 Å². The predicted octanol–water partition coefficient (Wildman–Crippen LogP) is 14.3. The van der Waals surface area contributed by atoms with Gasteiger partial charge in [0.2, 0.25) is 0 Å². The molecule has 1 heterocycles. The van der Waals surface area contributed by atoms with Gasteiger partial charge in [-0.25, -0.2) is 0 Å². The lowest BCUT2D eigenvalue weighted by Gasteiger charge is -2.29. The SMILES string of the molecule is C=C(/C=C\C)n1c2ccccc2c2cc(-c3ccc(N(c4ccc(-c5ccccc5)cc4)c4ccc5c(c4)C(C)(C)C(C)=C5/C=C\C)cc3)ccc21. The Balaban J connectivity index is 1.22. The summed E-state index contributed by atoms with van der Waals surface area (Å²) in [5.41, 5.74) is 16.8. The molecule has 0 atom stereocenters. The average molecular weight is 673 g/mol. The molecule has 8 rings (SSSR count). The van der Waals surface area contributed by atoms with Gasteiger partial charge in [-0.2, -0.15) is 0 Å². The summed E-state index contributed by atoms with van der Waals surface area (Å²) in [4.78, 5) is 2.39. The van der Waals surface area contributed by atoms with E-state index in [0.29, 0.717) is 0 Å². The van der Waals surface area contributed by atoms with Crippen LogP contribution in [0.2, 0.25) is 0 Å². The minimum Gasteiger partial charge on any atom is -0.310 e. The van der Waals surface area contributed by atoms with Crippen molar-refractivity contribution in [3.05, 3.63) is 187 Å². The molecular weight excluding hydrogens is 629 g/mol. The van der Waals surface area contributed by atoms with Crippen molar-refractivity contribution >= 4 is 50.1 Å². The Morgan fingerprint density at radius 1 is 0.596 bits per heavy atom. The molecule has 0 saturated heterocycles. The topological polar surface area (TPSA) is 8.17 Å². The van der Waals surface area contributed by atoms with Gasteiger partial charge in [-0.15, -0.1) is 0 Å². The summed E-state index contributed by atoms with van der Waals surface area (Å²) in [5.74, 6) is 0. The summed E-state index contributed by atoms with van der Waals surface area (Å²) in [6.45, 7) is 15.5. The number of nitrogens with zero attached hydrogens (tertiary/aromatic N) is 2. The monoisotopic (exact) mass is 672 g/mol. The summed E-state index contributed by atoms with van der Waals surface area (Å²) < 4.78 is 2.26. The number of para-hydroxylation sites is 1. The second-order valence-electron chi connectivity index (χ2n) is 14.3. The van der Waals surface area contributed by atoms with Gasteiger partial charge >= 0.3 is 0 Å². The molecule has 0 aliphatic heterocycles. The van der Waals surface area contributed by atoms with Crippen molar-refractivity contribution in [2.45, 2.75) is 40.0 Å². The molecule has 0 bridgehead atoms. The Kier molecular flexibility index (Phi) is 8.40. The van der Waals surface area contributed by atoms with Crippen molar-refractivity contribution in [1.82, 2.24) is 4.57 Å².